The van der Waals surface area contributed by atoms with Crippen LogP contribution in [-0.2, 0) is 0 Å². The van der Waals surface area contributed by atoms with E-state index in [9.17, 15) is 19.3 Å². The summed E-state index contributed by atoms with van der Waals surface area (Å²) in [5, 5.41) is 45.2. The SMILES string of the molecule is CCNC1CCC(n2ncc(-c3cc(Sc4ncccc4F)c4c(C#N)cnn4c3)c2C)CC1.Cc1c(-c2cc(Sc3ncccc3F)c3c(C#N)cnn3c2)cnn1C1CCC(NC(C)C)CC1. The number of nitrogens with zero attached hydrogens (tertiary/aromatic N) is 12. The van der Waals surface area contributed by atoms with E-state index >= 15 is 0 Å². The fourth-order valence-electron chi connectivity index (χ4n) is 9.80. The lowest BCUT2D eigenvalue weighted by molar-refractivity contribution is 0.265. The number of nitriles is 2. The number of aromatic nitrogens is 10. The Labute approximate surface area is 408 Å². The number of hydrogen-bond donors (Lipinski definition) is 2. The smallest absolute Gasteiger partial charge is 0.155 e. The molecule has 0 aliphatic heterocycles. The van der Waals surface area contributed by atoms with Crippen molar-refractivity contribution in [3.05, 3.63) is 120 Å². The Hall–Kier alpha value is -6.44. The van der Waals surface area contributed by atoms with Gasteiger partial charge in [-0.05, 0) is 108 Å². The van der Waals surface area contributed by atoms with Crippen molar-refractivity contribution in [1.29, 1.82) is 10.5 Å². The summed E-state index contributed by atoms with van der Waals surface area (Å²) in [5.74, 6) is -0.795. The van der Waals surface area contributed by atoms with Gasteiger partial charge >= 0.3 is 0 Å². The van der Waals surface area contributed by atoms with Gasteiger partial charge in [0.2, 0.25) is 0 Å². The predicted octanol–water partition coefficient (Wildman–Crippen LogP) is 10.7. The first-order chi connectivity index (χ1) is 33.5. The maximum absolute atomic E-state index is 14.4. The molecule has 0 aromatic carbocycles. The topological polar surface area (TPSA) is 168 Å². The van der Waals surface area contributed by atoms with Crippen LogP contribution in [-0.4, -0.2) is 73.4 Å². The highest BCUT2D eigenvalue weighted by Crippen LogP contribution is 2.40. The van der Waals surface area contributed by atoms with Crippen LogP contribution in [0.4, 0.5) is 8.78 Å². The molecule has 0 radical (unpaired) electrons. The van der Waals surface area contributed by atoms with Crippen molar-refractivity contribution in [2.75, 3.05) is 6.54 Å². The summed E-state index contributed by atoms with van der Waals surface area (Å²) in [5.41, 5.74) is 8.22. The van der Waals surface area contributed by atoms with Crippen molar-refractivity contribution in [2.45, 2.75) is 136 Å². The van der Waals surface area contributed by atoms with Crippen LogP contribution < -0.4 is 10.6 Å². The van der Waals surface area contributed by atoms with Crippen LogP contribution in [0.25, 0.3) is 33.3 Å². The van der Waals surface area contributed by atoms with E-state index in [1.54, 1.807) is 33.6 Å². The van der Waals surface area contributed by atoms with E-state index in [1.165, 1.54) is 48.1 Å². The molecule has 8 aromatic rings. The Balaban J connectivity index is 0.000000172. The standard InChI is InChI=1S/C26H28FN7S.C25H26FN7S/c1-16(2)32-20-6-8-21(9-7-20)34-17(3)22(14-31-34)18-11-24(35-26-23(27)5-4-10-29-26)25-19(12-28)13-30-33(25)15-18;1-3-28-19-6-8-20(9-7-19)33-16(2)21(14-31-33)17-11-23(34-25-22(26)5-4-10-29-25)24-18(12-27)13-30-32(24)15-17/h4-5,10-11,13-16,20-21,32H,6-9H2,1-3H3;4-5,10-11,13-15,19-20,28H,3,6-9H2,1-2H3. The lowest BCUT2D eigenvalue weighted by Gasteiger charge is -2.31. The van der Waals surface area contributed by atoms with Gasteiger partial charge in [-0.1, -0.05) is 44.3 Å². The van der Waals surface area contributed by atoms with Gasteiger partial charge in [-0.3, -0.25) is 9.36 Å². The fraction of sp³-hybridized carbons (Fsp3) is 0.373. The molecule has 0 spiro atoms. The van der Waals surface area contributed by atoms with Gasteiger partial charge in [-0.25, -0.2) is 27.8 Å². The highest BCUT2D eigenvalue weighted by Gasteiger charge is 2.27. The van der Waals surface area contributed by atoms with Gasteiger partial charge in [-0.2, -0.15) is 30.9 Å². The minimum absolute atomic E-state index is 0.260. The number of rotatable bonds is 12. The third-order valence-corrected chi connectivity index (χ3v) is 15.2. The fourth-order valence-corrected chi connectivity index (χ4v) is 11.8. The summed E-state index contributed by atoms with van der Waals surface area (Å²) < 4.78 is 36.4. The summed E-state index contributed by atoms with van der Waals surface area (Å²) in [6.07, 6.45) is 22.8. The lowest BCUT2D eigenvalue weighted by atomic mass is 9.90. The summed E-state index contributed by atoms with van der Waals surface area (Å²) in [6.45, 7) is 11.7. The summed E-state index contributed by atoms with van der Waals surface area (Å²) in [7, 11) is 0. The number of fused-ring (bicyclic) bond motifs is 2. The zero-order valence-corrected chi connectivity index (χ0v) is 40.9. The van der Waals surface area contributed by atoms with Crippen LogP contribution in [0.5, 0.6) is 0 Å². The molecule has 14 nitrogen and oxygen atoms in total. The first kappa shape index (κ1) is 47.6. The molecule has 8 heterocycles. The Kier molecular flexibility index (Phi) is 14.5. The maximum Gasteiger partial charge on any atom is 0.155 e. The molecule has 2 saturated carbocycles. The third-order valence-electron chi connectivity index (χ3n) is 13.1. The van der Waals surface area contributed by atoms with Gasteiger partial charge in [0.1, 0.15) is 22.2 Å². The molecule has 8 aromatic heterocycles. The molecule has 2 aliphatic rings. The number of pyridine rings is 4. The van der Waals surface area contributed by atoms with Gasteiger partial charge in [-0.15, -0.1) is 0 Å². The highest BCUT2D eigenvalue weighted by molar-refractivity contribution is 7.99. The van der Waals surface area contributed by atoms with E-state index < -0.39 is 11.6 Å². The largest absolute Gasteiger partial charge is 0.314 e. The van der Waals surface area contributed by atoms with Crippen LogP contribution in [0, 0.1) is 48.1 Å². The maximum atomic E-state index is 14.4. The highest BCUT2D eigenvalue weighted by atomic mass is 32.2. The second kappa shape index (κ2) is 21.1. The van der Waals surface area contributed by atoms with Gasteiger partial charge in [0.25, 0.3) is 0 Å². The quantitative estimate of drug-likeness (QED) is 0.119. The average molecular weight is 965 g/mol. The van der Waals surface area contributed by atoms with Crippen molar-refractivity contribution >= 4 is 34.6 Å². The minimum Gasteiger partial charge on any atom is -0.314 e. The zero-order chi connectivity index (χ0) is 48.2. The zero-order valence-electron chi connectivity index (χ0n) is 39.3. The van der Waals surface area contributed by atoms with Crippen LogP contribution in [0.2, 0.25) is 0 Å². The molecule has 2 fully saturated rings. The third kappa shape index (κ3) is 10.2. The number of hydrogen-bond acceptors (Lipinski definition) is 12. The molecule has 0 amide bonds. The minimum atomic E-state index is -0.398. The second-order valence-corrected chi connectivity index (χ2v) is 20.0. The van der Waals surface area contributed by atoms with E-state index in [0.717, 1.165) is 101 Å². The first-order valence-corrected chi connectivity index (χ1v) is 25.1. The molecular formula is C51H54F2N14S2. The number of nitrogens with one attached hydrogen (secondary N) is 2. The Morgan fingerprint density at radius 2 is 1.12 bits per heavy atom. The molecule has 354 valence electrons. The van der Waals surface area contributed by atoms with Gasteiger partial charge in [0.15, 0.2) is 11.6 Å². The monoisotopic (exact) mass is 964 g/mol. The second-order valence-electron chi connectivity index (χ2n) is 18.0. The van der Waals surface area contributed by atoms with Crippen LogP contribution in [0.1, 0.15) is 107 Å². The van der Waals surface area contributed by atoms with Crippen molar-refractivity contribution in [1.82, 2.24) is 59.4 Å². The van der Waals surface area contributed by atoms with Crippen LogP contribution in [0.15, 0.2) is 106 Å². The summed E-state index contributed by atoms with van der Waals surface area (Å²) in [6, 6.07) is 16.7. The van der Waals surface area contributed by atoms with Crippen LogP contribution >= 0.6 is 23.5 Å². The molecule has 2 aliphatic carbocycles. The summed E-state index contributed by atoms with van der Waals surface area (Å²) >= 11 is 2.40. The Bertz CT molecular complexity index is 3180. The van der Waals surface area contributed by atoms with E-state index in [1.807, 2.05) is 36.9 Å². The molecule has 0 bridgehead atoms. The van der Waals surface area contributed by atoms with Crippen LogP contribution in [0.3, 0.4) is 0 Å². The Morgan fingerprint density at radius 3 is 1.52 bits per heavy atom. The predicted molar refractivity (Wildman–Crippen MR) is 263 cm³/mol. The van der Waals surface area contributed by atoms with Crippen molar-refractivity contribution in [2.24, 2.45) is 0 Å². The lowest BCUT2D eigenvalue weighted by Crippen LogP contribution is -2.38. The van der Waals surface area contributed by atoms with Crippen molar-refractivity contribution in [3.63, 3.8) is 0 Å². The molecule has 0 unspecified atom stereocenters. The van der Waals surface area contributed by atoms with Crippen molar-refractivity contribution < 1.29 is 8.78 Å². The normalized spacial score (nSPS) is 18.3. The summed E-state index contributed by atoms with van der Waals surface area (Å²) in [4.78, 5) is 9.81. The molecule has 0 saturated heterocycles. The average Bonchev–Trinajstić information content (AvgIpc) is 4.16. The Morgan fingerprint density at radius 1 is 0.667 bits per heavy atom. The van der Waals surface area contributed by atoms with Gasteiger partial charge in [0.05, 0.1) is 59.0 Å². The molecule has 2 N–H and O–H groups in total. The van der Waals surface area contributed by atoms with E-state index in [4.69, 9.17) is 10.2 Å². The molecule has 0 atom stereocenters. The van der Waals surface area contributed by atoms with E-state index in [-0.39, 0.29) is 10.1 Å². The molecule has 69 heavy (non-hydrogen) atoms. The van der Waals surface area contributed by atoms with E-state index in [0.29, 0.717) is 52.4 Å². The molecular weight excluding hydrogens is 911 g/mol. The molecule has 10 rings (SSSR count). The van der Waals surface area contributed by atoms with Crippen molar-refractivity contribution in [3.8, 4) is 34.4 Å². The molecule has 18 heteroatoms. The van der Waals surface area contributed by atoms with E-state index in [2.05, 4.69) is 86.9 Å². The first-order valence-electron chi connectivity index (χ1n) is 23.5. The number of halogens is 2. The van der Waals surface area contributed by atoms with Gasteiger partial charge in [0, 0.05) is 86.3 Å². The van der Waals surface area contributed by atoms with Gasteiger partial charge < -0.3 is 10.6 Å².